The summed E-state index contributed by atoms with van der Waals surface area (Å²) in [6.45, 7) is 0. The molecule has 7 nitrogen and oxygen atoms in total. The van der Waals surface area contributed by atoms with Crippen LogP contribution in [0.5, 0.6) is 0 Å². The molecule has 4 aromatic rings. The smallest absolute Gasteiger partial charge is 0.229 e. The number of aromatic nitrogens is 4. The number of hydrogen-bond donors (Lipinski definition) is 2. The van der Waals surface area contributed by atoms with Crippen molar-refractivity contribution in [3.63, 3.8) is 0 Å². The Morgan fingerprint density at radius 2 is 2.16 bits per heavy atom. The molecule has 3 heterocycles. The van der Waals surface area contributed by atoms with E-state index in [9.17, 15) is 9.18 Å². The minimum absolute atomic E-state index is 0.0971. The zero-order valence-corrected chi connectivity index (χ0v) is 17.3. The van der Waals surface area contributed by atoms with E-state index in [2.05, 4.69) is 20.4 Å². The Morgan fingerprint density at radius 3 is 2.90 bits per heavy atom. The molecule has 1 saturated carbocycles. The van der Waals surface area contributed by atoms with E-state index in [1.54, 1.807) is 35.3 Å². The summed E-state index contributed by atoms with van der Waals surface area (Å²) in [5.74, 6) is 0.0685. The highest BCUT2D eigenvalue weighted by atomic mass is 35.5. The first-order valence-corrected chi connectivity index (χ1v) is 10.1. The maximum atomic E-state index is 14.4. The van der Waals surface area contributed by atoms with E-state index in [-0.39, 0.29) is 34.1 Å². The number of hydrogen-bond acceptors (Lipinski definition) is 5. The fraction of sp³-hybridized carbons (Fsp3) is 0.182. The molecule has 0 spiro atoms. The van der Waals surface area contributed by atoms with Crippen molar-refractivity contribution in [3.8, 4) is 11.3 Å². The summed E-state index contributed by atoms with van der Waals surface area (Å²) in [6.07, 6.45) is 6.04. The summed E-state index contributed by atoms with van der Waals surface area (Å²) in [5.41, 5.74) is 7.63. The number of nitrogens with two attached hydrogens (primary N) is 1. The monoisotopic (exact) mass is 436 g/mol. The van der Waals surface area contributed by atoms with Crippen molar-refractivity contribution in [1.29, 1.82) is 0 Å². The molecule has 2 unspecified atom stereocenters. The molecule has 1 aliphatic carbocycles. The van der Waals surface area contributed by atoms with Crippen LogP contribution in [0.15, 0.2) is 48.9 Å². The molecule has 31 heavy (non-hydrogen) atoms. The lowest BCUT2D eigenvalue weighted by atomic mass is 10.1. The van der Waals surface area contributed by atoms with Gasteiger partial charge in [-0.15, -0.1) is 0 Å². The van der Waals surface area contributed by atoms with E-state index < -0.39 is 5.82 Å². The number of aryl methyl sites for hydroxylation is 1. The van der Waals surface area contributed by atoms with Gasteiger partial charge in [0.2, 0.25) is 5.91 Å². The summed E-state index contributed by atoms with van der Waals surface area (Å²) < 4.78 is 16.1. The molecule has 0 saturated heterocycles. The van der Waals surface area contributed by atoms with Gasteiger partial charge < -0.3 is 11.1 Å². The van der Waals surface area contributed by atoms with E-state index in [4.69, 9.17) is 17.3 Å². The first-order valence-electron chi connectivity index (χ1n) is 9.71. The fourth-order valence-corrected chi connectivity index (χ4v) is 4.08. The Kier molecular flexibility index (Phi) is 4.59. The highest BCUT2D eigenvalue weighted by molar-refractivity contribution is 6.33. The van der Waals surface area contributed by atoms with Gasteiger partial charge in [0.25, 0.3) is 0 Å². The number of nitrogen functional groups attached to an aromatic ring is 1. The van der Waals surface area contributed by atoms with Crippen LogP contribution in [0.4, 0.5) is 16.0 Å². The van der Waals surface area contributed by atoms with E-state index >= 15 is 0 Å². The van der Waals surface area contributed by atoms with Gasteiger partial charge in [-0.05, 0) is 47.6 Å². The standard InChI is InChI=1S/C22H18ClFN6O/c1-30-10-12(8-27-30)13-7-14(13)22(31)29-19-6-11-5-18(28-21(25)15(11)9-26-19)20-16(23)3-2-4-17(20)24/h2-6,8-10,13-14H,7H2,1H3,(H2,25,28)(H,26,29,31). The third-order valence-electron chi connectivity index (χ3n) is 5.50. The highest BCUT2D eigenvalue weighted by Crippen LogP contribution is 2.47. The largest absolute Gasteiger partial charge is 0.383 e. The summed E-state index contributed by atoms with van der Waals surface area (Å²) in [6, 6.07) is 7.82. The second kappa shape index (κ2) is 7.31. The molecule has 5 rings (SSSR count). The molecular formula is C22H18ClFN6O. The second-order valence-corrected chi connectivity index (χ2v) is 8.07. The third kappa shape index (κ3) is 3.59. The van der Waals surface area contributed by atoms with Crippen molar-refractivity contribution < 1.29 is 9.18 Å². The van der Waals surface area contributed by atoms with E-state index in [1.807, 2.05) is 13.2 Å². The number of pyridine rings is 2. The van der Waals surface area contributed by atoms with Gasteiger partial charge in [-0.1, -0.05) is 17.7 Å². The molecule has 156 valence electrons. The highest BCUT2D eigenvalue weighted by Gasteiger charge is 2.44. The number of benzene rings is 1. The molecular weight excluding hydrogens is 419 g/mol. The van der Waals surface area contributed by atoms with Gasteiger partial charge in [0, 0.05) is 30.7 Å². The van der Waals surface area contributed by atoms with Crippen molar-refractivity contribution in [3.05, 3.63) is 65.3 Å². The Hall–Kier alpha value is -3.52. The number of carbonyl (C=O) groups excluding carboxylic acids is 1. The van der Waals surface area contributed by atoms with Crippen LogP contribution in [-0.4, -0.2) is 25.7 Å². The van der Waals surface area contributed by atoms with Crippen LogP contribution in [0, 0.1) is 11.7 Å². The minimum atomic E-state index is -0.489. The maximum absolute atomic E-state index is 14.4. The Morgan fingerprint density at radius 1 is 1.32 bits per heavy atom. The SMILES string of the molecule is Cn1cc(C2CC2C(=O)Nc2cc3cc(-c4c(F)cccc4Cl)nc(N)c3cn2)cn1. The molecule has 1 aliphatic rings. The second-order valence-electron chi connectivity index (χ2n) is 7.67. The predicted octanol–water partition coefficient (Wildman–Crippen LogP) is 4.15. The molecule has 2 atom stereocenters. The maximum Gasteiger partial charge on any atom is 0.229 e. The topological polar surface area (TPSA) is 98.7 Å². The molecule has 1 aromatic carbocycles. The molecule has 3 N–H and O–H groups in total. The van der Waals surface area contributed by atoms with Crippen molar-refractivity contribution >= 4 is 39.9 Å². The summed E-state index contributed by atoms with van der Waals surface area (Å²) in [4.78, 5) is 21.2. The number of nitrogens with zero attached hydrogens (tertiary/aromatic N) is 4. The molecule has 9 heteroatoms. The number of amides is 1. The van der Waals surface area contributed by atoms with Crippen molar-refractivity contribution in [1.82, 2.24) is 19.7 Å². The van der Waals surface area contributed by atoms with Crippen molar-refractivity contribution in [2.45, 2.75) is 12.3 Å². The zero-order valence-electron chi connectivity index (χ0n) is 16.5. The predicted molar refractivity (Wildman–Crippen MR) is 117 cm³/mol. The number of fused-ring (bicyclic) bond motifs is 1. The quantitative estimate of drug-likeness (QED) is 0.500. The van der Waals surface area contributed by atoms with Gasteiger partial charge in [-0.25, -0.2) is 14.4 Å². The molecule has 0 bridgehead atoms. The van der Waals surface area contributed by atoms with Crippen LogP contribution in [0.3, 0.4) is 0 Å². The van der Waals surface area contributed by atoms with Gasteiger partial charge in [-0.2, -0.15) is 5.10 Å². The van der Waals surface area contributed by atoms with Crippen molar-refractivity contribution in [2.75, 3.05) is 11.1 Å². The average Bonchev–Trinajstić information content (AvgIpc) is 3.41. The molecule has 1 fully saturated rings. The van der Waals surface area contributed by atoms with Crippen LogP contribution in [-0.2, 0) is 11.8 Å². The number of carbonyl (C=O) groups is 1. The van der Waals surface area contributed by atoms with Crippen LogP contribution >= 0.6 is 11.6 Å². The van der Waals surface area contributed by atoms with Gasteiger partial charge in [0.1, 0.15) is 17.5 Å². The number of anilines is 2. The lowest BCUT2D eigenvalue weighted by Gasteiger charge is -2.10. The van der Waals surface area contributed by atoms with E-state index in [0.29, 0.717) is 22.3 Å². The van der Waals surface area contributed by atoms with Crippen LogP contribution < -0.4 is 11.1 Å². The van der Waals surface area contributed by atoms with Gasteiger partial charge in [-0.3, -0.25) is 9.48 Å². The van der Waals surface area contributed by atoms with Gasteiger partial charge in [0.15, 0.2) is 0 Å². The Labute approximate surface area is 182 Å². The normalized spacial score (nSPS) is 17.6. The van der Waals surface area contributed by atoms with E-state index in [0.717, 1.165) is 12.0 Å². The molecule has 1 amide bonds. The minimum Gasteiger partial charge on any atom is -0.383 e. The Balaban J connectivity index is 1.42. The molecule has 0 aliphatic heterocycles. The van der Waals surface area contributed by atoms with Crippen molar-refractivity contribution in [2.24, 2.45) is 13.0 Å². The summed E-state index contributed by atoms with van der Waals surface area (Å²) in [7, 11) is 1.85. The summed E-state index contributed by atoms with van der Waals surface area (Å²) >= 11 is 6.18. The lowest BCUT2D eigenvalue weighted by Crippen LogP contribution is -2.15. The first-order chi connectivity index (χ1) is 14.9. The average molecular weight is 437 g/mol. The van der Waals surface area contributed by atoms with Gasteiger partial charge >= 0.3 is 0 Å². The number of halogens is 2. The van der Waals surface area contributed by atoms with Crippen LogP contribution in [0.25, 0.3) is 22.0 Å². The molecule has 3 aromatic heterocycles. The van der Waals surface area contributed by atoms with E-state index in [1.165, 1.54) is 12.1 Å². The first kappa shape index (κ1) is 19.4. The lowest BCUT2D eigenvalue weighted by molar-refractivity contribution is -0.117. The fourth-order valence-electron chi connectivity index (χ4n) is 3.82. The molecule has 0 radical (unpaired) electrons. The summed E-state index contributed by atoms with van der Waals surface area (Å²) in [5, 5.41) is 8.55. The van der Waals surface area contributed by atoms with Gasteiger partial charge in [0.05, 0.1) is 22.5 Å². The third-order valence-corrected chi connectivity index (χ3v) is 5.81. The van der Waals surface area contributed by atoms with Crippen LogP contribution in [0.1, 0.15) is 17.9 Å². The Bertz CT molecular complexity index is 1320. The zero-order chi connectivity index (χ0) is 21.7. The van der Waals surface area contributed by atoms with Crippen LogP contribution in [0.2, 0.25) is 5.02 Å². The number of rotatable bonds is 4. The number of nitrogens with one attached hydrogen (secondary N) is 1.